The molecule has 19 heavy (non-hydrogen) atoms. The Morgan fingerprint density at radius 3 is 2.53 bits per heavy atom. The largest absolute Gasteiger partial charge is 0.466 e. The van der Waals surface area contributed by atoms with E-state index in [1.54, 1.807) is 0 Å². The maximum atomic E-state index is 11.1. The van der Waals surface area contributed by atoms with Crippen LogP contribution in [0.3, 0.4) is 0 Å². The van der Waals surface area contributed by atoms with Gasteiger partial charge in [-0.1, -0.05) is 44.6 Å². The van der Waals surface area contributed by atoms with Gasteiger partial charge >= 0.3 is 5.97 Å². The van der Waals surface area contributed by atoms with Crippen molar-refractivity contribution in [1.29, 1.82) is 0 Å². The average Bonchev–Trinajstić information content (AvgIpc) is 3.12. The normalized spacial score (nSPS) is 21.1. The molecule has 0 heterocycles. The second-order valence-corrected chi connectivity index (χ2v) is 5.75. The van der Waals surface area contributed by atoms with Crippen molar-refractivity contribution >= 4 is 5.97 Å². The minimum absolute atomic E-state index is 0.0375. The number of hydrogen-bond acceptors (Lipinski definition) is 2. The standard InChI is InChI=1S/C17H30O2/c1-3-11-15-14-16(15)12-9-7-5-6-8-10-13-17(18)19-4-2/h3,15-16H,1,4-14H2,2H3/t15-,16-/m1/s1. The predicted molar refractivity (Wildman–Crippen MR) is 80.0 cm³/mol. The number of carbonyl (C=O) groups is 1. The zero-order valence-corrected chi connectivity index (χ0v) is 12.5. The van der Waals surface area contributed by atoms with Gasteiger partial charge in [0.1, 0.15) is 0 Å². The lowest BCUT2D eigenvalue weighted by atomic mass is 10.1. The van der Waals surface area contributed by atoms with Crippen molar-refractivity contribution < 1.29 is 9.53 Å². The number of carbonyl (C=O) groups excluding carboxylic acids is 1. The fraction of sp³-hybridized carbons (Fsp3) is 0.824. The first-order chi connectivity index (χ1) is 9.27. The van der Waals surface area contributed by atoms with Crippen LogP contribution in [0.25, 0.3) is 0 Å². The van der Waals surface area contributed by atoms with E-state index in [0.29, 0.717) is 13.0 Å². The van der Waals surface area contributed by atoms with Crippen LogP contribution in [0.5, 0.6) is 0 Å². The molecular formula is C17H30O2. The lowest BCUT2D eigenvalue weighted by molar-refractivity contribution is -0.143. The molecule has 0 bridgehead atoms. The van der Waals surface area contributed by atoms with Gasteiger partial charge in [-0.15, -0.1) is 6.58 Å². The van der Waals surface area contributed by atoms with E-state index in [9.17, 15) is 4.79 Å². The number of hydrogen-bond donors (Lipinski definition) is 0. The van der Waals surface area contributed by atoms with Crippen molar-refractivity contribution in [1.82, 2.24) is 0 Å². The van der Waals surface area contributed by atoms with Gasteiger partial charge in [-0.05, 0) is 38.0 Å². The van der Waals surface area contributed by atoms with Crippen molar-refractivity contribution in [2.45, 2.75) is 71.1 Å². The molecular weight excluding hydrogens is 236 g/mol. The summed E-state index contributed by atoms with van der Waals surface area (Å²) in [5.74, 6) is 1.92. The number of rotatable bonds is 12. The molecule has 1 rings (SSSR count). The second-order valence-electron chi connectivity index (χ2n) is 5.75. The third-order valence-corrected chi connectivity index (χ3v) is 4.05. The van der Waals surface area contributed by atoms with E-state index in [4.69, 9.17) is 4.74 Å². The van der Waals surface area contributed by atoms with Crippen molar-refractivity contribution in [3.8, 4) is 0 Å². The van der Waals surface area contributed by atoms with E-state index in [0.717, 1.165) is 18.3 Å². The highest BCUT2D eigenvalue weighted by molar-refractivity contribution is 5.69. The SMILES string of the molecule is C=CC[C@@H]1C[C@H]1CCCCCCCCC(=O)OCC. The minimum Gasteiger partial charge on any atom is -0.466 e. The zero-order chi connectivity index (χ0) is 13.9. The van der Waals surface area contributed by atoms with Gasteiger partial charge in [0.25, 0.3) is 0 Å². The Morgan fingerprint density at radius 2 is 1.84 bits per heavy atom. The second kappa shape index (κ2) is 10.1. The van der Waals surface area contributed by atoms with Crippen LogP contribution in [-0.4, -0.2) is 12.6 Å². The highest BCUT2D eigenvalue weighted by Gasteiger charge is 2.34. The fourth-order valence-corrected chi connectivity index (χ4v) is 2.78. The molecule has 0 spiro atoms. The van der Waals surface area contributed by atoms with E-state index in [1.807, 2.05) is 6.92 Å². The lowest BCUT2D eigenvalue weighted by Crippen LogP contribution is -2.03. The van der Waals surface area contributed by atoms with Gasteiger partial charge in [-0.2, -0.15) is 0 Å². The molecule has 2 nitrogen and oxygen atoms in total. The first-order valence-electron chi connectivity index (χ1n) is 8.04. The molecule has 1 aliphatic carbocycles. The molecule has 0 amide bonds. The van der Waals surface area contributed by atoms with Gasteiger partial charge in [0.2, 0.25) is 0 Å². The van der Waals surface area contributed by atoms with E-state index < -0.39 is 0 Å². The van der Waals surface area contributed by atoms with Crippen LogP contribution in [0.15, 0.2) is 12.7 Å². The molecule has 0 radical (unpaired) electrons. The Hall–Kier alpha value is -0.790. The summed E-state index contributed by atoms with van der Waals surface area (Å²) >= 11 is 0. The Labute approximate surface area is 118 Å². The molecule has 0 aromatic heterocycles. The number of esters is 1. The highest BCUT2D eigenvalue weighted by atomic mass is 16.5. The maximum absolute atomic E-state index is 11.1. The molecule has 0 N–H and O–H groups in total. The first-order valence-corrected chi connectivity index (χ1v) is 8.04. The number of unbranched alkanes of at least 4 members (excludes halogenated alkanes) is 5. The zero-order valence-electron chi connectivity index (χ0n) is 12.5. The van der Waals surface area contributed by atoms with Crippen LogP contribution in [0.2, 0.25) is 0 Å². The minimum atomic E-state index is -0.0375. The van der Waals surface area contributed by atoms with E-state index >= 15 is 0 Å². The number of ether oxygens (including phenoxy) is 1. The smallest absolute Gasteiger partial charge is 0.305 e. The van der Waals surface area contributed by atoms with E-state index in [1.165, 1.54) is 51.4 Å². The Kier molecular flexibility index (Phi) is 8.61. The Bertz CT molecular complexity index is 260. The Morgan fingerprint density at radius 1 is 1.16 bits per heavy atom. The summed E-state index contributed by atoms with van der Waals surface area (Å²) in [6.45, 7) is 6.17. The summed E-state index contributed by atoms with van der Waals surface area (Å²) in [5.41, 5.74) is 0. The molecule has 0 aromatic rings. The van der Waals surface area contributed by atoms with Crippen molar-refractivity contribution in [2.75, 3.05) is 6.61 Å². The molecule has 0 aromatic carbocycles. The molecule has 0 unspecified atom stereocenters. The van der Waals surface area contributed by atoms with Crippen LogP contribution in [0.1, 0.15) is 71.1 Å². The molecule has 0 aliphatic heterocycles. The summed E-state index contributed by atoms with van der Waals surface area (Å²) in [4.78, 5) is 11.1. The lowest BCUT2D eigenvalue weighted by Gasteiger charge is -2.03. The average molecular weight is 266 g/mol. The summed E-state index contributed by atoms with van der Waals surface area (Å²) in [6.07, 6.45) is 14.2. The molecule has 2 heteroatoms. The van der Waals surface area contributed by atoms with Crippen LogP contribution in [0, 0.1) is 11.8 Å². The molecule has 1 fully saturated rings. The van der Waals surface area contributed by atoms with Crippen LogP contribution in [-0.2, 0) is 9.53 Å². The van der Waals surface area contributed by atoms with Gasteiger partial charge < -0.3 is 4.74 Å². The molecule has 110 valence electrons. The third kappa shape index (κ3) is 8.07. The maximum Gasteiger partial charge on any atom is 0.305 e. The monoisotopic (exact) mass is 266 g/mol. The number of allylic oxidation sites excluding steroid dienone is 1. The topological polar surface area (TPSA) is 26.3 Å². The van der Waals surface area contributed by atoms with Gasteiger partial charge in [-0.3, -0.25) is 4.79 Å². The third-order valence-electron chi connectivity index (χ3n) is 4.05. The van der Waals surface area contributed by atoms with Gasteiger partial charge in [0.05, 0.1) is 6.61 Å². The summed E-state index contributed by atoms with van der Waals surface area (Å²) in [6, 6.07) is 0. The first kappa shape index (κ1) is 16.3. The fourth-order valence-electron chi connectivity index (χ4n) is 2.78. The van der Waals surface area contributed by atoms with Crippen molar-refractivity contribution in [3.63, 3.8) is 0 Å². The molecule has 1 aliphatic rings. The van der Waals surface area contributed by atoms with E-state index in [-0.39, 0.29) is 5.97 Å². The van der Waals surface area contributed by atoms with Gasteiger partial charge in [-0.25, -0.2) is 0 Å². The van der Waals surface area contributed by atoms with Gasteiger partial charge in [0.15, 0.2) is 0 Å². The van der Waals surface area contributed by atoms with Crippen LogP contribution >= 0.6 is 0 Å². The van der Waals surface area contributed by atoms with Crippen molar-refractivity contribution in [3.05, 3.63) is 12.7 Å². The van der Waals surface area contributed by atoms with Crippen LogP contribution < -0.4 is 0 Å². The van der Waals surface area contributed by atoms with Crippen LogP contribution in [0.4, 0.5) is 0 Å². The molecule has 1 saturated carbocycles. The van der Waals surface area contributed by atoms with Gasteiger partial charge in [0, 0.05) is 6.42 Å². The summed E-state index contributed by atoms with van der Waals surface area (Å²) in [5, 5.41) is 0. The van der Waals surface area contributed by atoms with Crippen molar-refractivity contribution in [2.24, 2.45) is 11.8 Å². The summed E-state index contributed by atoms with van der Waals surface area (Å²) < 4.78 is 4.90. The quantitative estimate of drug-likeness (QED) is 0.286. The highest BCUT2D eigenvalue weighted by Crippen LogP contribution is 2.44. The Balaban J connectivity index is 1.77. The predicted octanol–water partition coefficient (Wildman–Crippen LogP) is 4.88. The molecule has 2 atom stereocenters. The molecule has 0 saturated heterocycles. The summed E-state index contributed by atoms with van der Waals surface area (Å²) in [7, 11) is 0. The van der Waals surface area contributed by atoms with E-state index in [2.05, 4.69) is 12.7 Å².